The SMILES string of the molecule is Cc1cc(CO)ccc1Oc1cc(C)c([N+](=O)[O-])cc1F. The number of aliphatic hydroxyl groups is 1. The Hall–Kier alpha value is -2.47. The van der Waals surface area contributed by atoms with E-state index in [0.29, 0.717) is 11.3 Å². The maximum Gasteiger partial charge on any atom is 0.275 e. The Kier molecular flexibility index (Phi) is 4.18. The fourth-order valence-corrected chi connectivity index (χ4v) is 1.96. The summed E-state index contributed by atoms with van der Waals surface area (Å²) in [5.74, 6) is -0.435. The zero-order chi connectivity index (χ0) is 15.6. The van der Waals surface area contributed by atoms with Crippen molar-refractivity contribution in [2.75, 3.05) is 0 Å². The number of benzene rings is 2. The predicted octanol–water partition coefficient (Wildman–Crippen LogP) is 3.64. The summed E-state index contributed by atoms with van der Waals surface area (Å²) in [6.45, 7) is 3.20. The molecular formula is C15H14FNO4. The van der Waals surface area contributed by atoms with E-state index >= 15 is 0 Å². The van der Waals surface area contributed by atoms with Gasteiger partial charge in [-0.1, -0.05) is 12.1 Å². The number of nitrogens with zero attached hydrogens (tertiary/aromatic N) is 1. The molecule has 110 valence electrons. The van der Waals surface area contributed by atoms with Crippen LogP contribution in [0.25, 0.3) is 0 Å². The van der Waals surface area contributed by atoms with Crippen molar-refractivity contribution in [1.82, 2.24) is 0 Å². The number of hydrogen-bond acceptors (Lipinski definition) is 4. The van der Waals surface area contributed by atoms with Crippen molar-refractivity contribution in [2.45, 2.75) is 20.5 Å². The monoisotopic (exact) mass is 291 g/mol. The van der Waals surface area contributed by atoms with Crippen LogP contribution in [0.3, 0.4) is 0 Å². The zero-order valence-electron chi connectivity index (χ0n) is 11.6. The Morgan fingerprint density at radius 3 is 2.48 bits per heavy atom. The van der Waals surface area contributed by atoms with Crippen LogP contribution in [-0.4, -0.2) is 10.0 Å². The van der Waals surface area contributed by atoms with Gasteiger partial charge in [0.05, 0.1) is 17.6 Å². The van der Waals surface area contributed by atoms with Crippen molar-refractivity contribution in [3.05, 3.63) is 63.0 Å². The summed E-state index contributed by atoms with van der Waals surface area (Å²) < 4.78 is 19.4. The highest BCUT2D eigenvalue weighted by molar-refractivity contribution is 5.47. The molecule has 0 saturated carbocycles. The van der Waals surface area contributed by atoms with Gasteiger partial charge in [-0.05, 0) is 37.1 Å². The van der Waals surface area contributed by atoms with Gasteiger partial charge in [-0.3, -0.25) is 10.1 Å². The van der Waals surface area contributed by atoms with Gasteiger partial charge in [-0.25, -0.2) is 4.39 Å². The van der Waals surface area contributed by atoms with Gasteiger partial charge in [0.2, 0.25) is 0 Å². The van der Waals surface area contributed by atoms with Crippen LogP contribution in [-0.2, 0) is 6.61 Å². The first-order valence-electron chi connectivity index (χ1n) is 6.25. The Labute approximate surface area is 120 Å². The first-order valence-corrected chi connectivity index (χ1v) is 6.25. The smallest absolute Gasteiger partial charge is 0.275 e. The summed E-state index contributed by atoms with van der Waals surface area (Å²) in [6, 6.07) is 7.16. The molecule has 0 spiro atoms. The Morgan fingerprint density at radius 1 is 1.19 bits per heavy atom. The van der Waals surface area contributed by atoms with Gasteiger partial charge in [-0.15, -0.1) is 0 Å². The molecule has 0 atom stereocenters. The van der Waals surface area contributed by atoms with Gasteiger partial charge in [0.15, 0.2) is 11.6 Å². The summed E-state index contributed by atoms with van der Waals surface area (Å²) in [7, 11) is 0. The molecule has 2 rings (SSSR count). The summed E-state index contributed by atoms with van der Waals surface area (Å²) in [6.07, 6.45) is 0. The van der Waals surface area contributed by atoms with E-state index in [1.54, 1.807) is 25.1 Å². The Balaban J connectivity index is 2.36. The molecule has 21 heavy (non-hydrogen) atoms. The molecule has 6 heteroatoms. The van der Waals surface area contributed by atoms with Gasteiger partial charge in [-0.2, -0.15) is 0 Å². The van der Waals surface area contributed by atoms with Crippen molar-refractivity contribution in [1.29, 1.82) is 0 Å². The lowest BCUT2D eigenvalue weighted by Crippen LogP contribution is -1.97. The second-order valence-corrected chi connectivity index (χ2v) is 4.69. The third kappa shape index (κ3) is 3.17. The average Bonchev–Trinajstić information content (AvgIpc) is 2.44. The van der Waals surface area contributed by atoms with Gasteiger partial charge >= 0.3 is 0 Å². The molecule has 1 N–H and O–H groups in total. The van der Waals surface area contributed by atoms with Crippen LogP contribution in [0, 0.1) is 29.8 Å². The van der Waals surface area contributed by atoms with Crippen LogP contribution >= 0.6 is 0 Å². The topological polar surface area (TPSA) is 72.6 Å². The first kappa shape index (κ1) is 14.9. The Bertz CT molecular complexity index is 700. The van der Waals surface area contributed by atoms with E-state index in [9.17, 15) is 14.5 Å². The van der Waals surface area contributed by atoms with Crippen LogP contribution in [0.5, 0.6) is 11.5 Å². The largest absolute Gasteiger partial charge is 0.454 e. The number of halogens is 1. The molecule has 0 aliphatic heterocycles. The highest BCUT2D eigenvalue weighted by atomic mass is 19.1. The van der Waals surface area contributed by atoms with Crippen molar-refractivity contribution in [2.24, 2.45) is 0 Å². The number of nitro benzene ring substituents is 1. The highest BCUT2D eigenvalue weighted by Gasteiger charge is 2.17. The minimum atomic E-state index is -0.794. The highest BCUT2D eigenvalue weighted by Crippen LogP contribution is 2.32. The number of aryl methyl sites for hydroxylation is 2. The number of nitro groups is 1. The average molecular weight is 291 g/mol. The van der Waals surface area contributed by atoms with Gasteiger partial charge in [0, 0.05) is 5.56 Å². The van der Waals surface area contributed by atoms with Gasteiger partial charge < -0.3 is 9.84 Å². The van der Waals surface area contributed by atoms with Crippen LogP contribution in [0.4, 0.5) is 10.1 Å². The maximum absolute atomic E-state index is 13.9. The van der Waals surface area contributed by atoms with Gasteiger partial charge in [0.25, 0.3) is 5.69 Å². The molecule has 0 aliphatic rings. The molecule has 0 heterocycles. The normalized spacial score (nSPS) is 10.5. The molecule has 0 aromatic heterocycles. The quantitative estimate of drug-likeness (QED) is 0.689. The van der Waals surface area contributed by atoms with Crippen LogP contribution in [0.2, 0.25) is 0 Å². The molecule has 0 aliphatic carbocycles. The summed E-state index contributed by atoms with van der Waals surface area (Å²) >= 11 is 0. The van der Waals surface area contributed by atoms with E-state index in [2.05, 4.69) is 0 Å². The molecule has 2 aromatic carbocycles. The van der Waals surface area contributed by atoms with Crippen LogP contribution in [0.15, 0.2) is 30.3 Å². The lowest BCUT2D eigenvalue weighted by molar-refractivity contribution is -0.385. The molecule has 0 bridgehead atoms. The molecule has 0 unspecified atom stereocenters. The number of aliphatic hydroxyl groups excluding tert-OH is 1. The standard InChI is InChI=1S/C15H14FNO4/c1-9-6-15(12(16)7-13(9)17(19)20)21-14-4-3-11(8-18)5-10(14)2/h3-7,18H,8H2,1-2H3. The van der Waals surface area contributed by atoms with E-state index in [-0.39, 0.29) is 18.0 Å². The summed E-state index contributed by atoms with van der Waals surface area (Å²) in [4.78, 5) is 10.1. The third-order valence-electron chi connectivity index (χ3n) is 3.09. The van der Waals surface area contributed by atoms with Crippen molar-refractivity contribution in [3.63, 3.8) is 0 Å². The molecule has 0 radical (unpaired) electrons. The fourth-order valence-electron chi connectivity index (χ4n) is 1.96. The molecule has 0 fully saturated rings. The van der Waals surface area contributed by atoms with Crippen molar-refractivity contribution >= 4 is 5.69 Å². The zero-order valence-corrected chi connectivity index (χ0v) is 11.6. The summed E-state index contributed by atoms with van der Waals surface area (Å²) in [5.41, 5.74) is 1.49. The maximum atomic E-state index is 13.9. The van der Waals surface area contributed by atoms with E-state index in [1.807, 2.05) is 0 Å². The van der Waals surface area contributed by atoms with E-state index in [0.717, 1.165) is 17.2 Å². The van der Waals surface area contributed by atoms with Gasteiger partial charge in [0.1, 0.15) is 5.75 Å². The van der Waals surface area contributed by atoms with E-state index in [1.165, 1.54) is 13.0 Å². The number of ether oxygens (including phenoxy) is 1. The second kappa shape index (κ2) is 5.88. The molecular weight excluding hydrogens is 277 g/mol. The number of rotatable bonds is 4. The van der Waals surface area contributed by atoms with E-state index in [4.69, 9.17) is 9.84 Å². The fraction of sp³-hybridized carbons (Fsp3) is 0.200. The van der Waals surface area contributed by atoms with Crippen molar-refractivity contribution in [3.8, 4) is 11.5 Å². The minimum Gasteiger partial charge on any atom is -0.454 e. The van der Waals surface area contributed by atoms with Crippen molar-refractivity contribution < 1.29 is 19.2 Å². The van der Waals surface area contributed by atoms with Crippen LogP contribution in [0.1, 0.15) is 16.7 Å². The number of hydrogen-bond donors (Lipinski definition) is 1. The molecule has 0 saturated heterocycles. The lowest BCUT2D eigenvalue weighted by Gasteiger charge is -2.11. The molecule has 0 amide bonds. The second-order valence-electron chi connectivity index (χ2n) is 4.69. The first-order chi connectivity index (χ1) is 9.92. The molecule has 2 aromatic rings. The summed E-state index contributed by atoms with van der Waals surface area (Å²) in [5, 5.41) is 19.8. The van der Waals surface area contributed by atoms with E-state index < -0.39 is 10.7 Å². The lowest BCUT2D eigenvalue weighted by atomic mass is 10.1. The minimum absolute atomic E-state index is 0.0713. The third-order valence-corrected chi connectivity index (χ3v) is 3.09. The van der Waals surface area contributed by atoms with Crippen LogP contribution < -0.4 is 4.74 Å². The Morgan fingerprint density at radius 2 is 1.90 bits per heavy atom. The molecule has 5 nitrogen and oxygen atoms in total. The predicted molar refractivity (Wildman–Crippen MR) is 75.0 cm³/mol.